The molecular weight excluding hydrogens is 276 g/mol. The Hall–Kier alpha value is -2.13. The summed E-state index contributed by atoms with van der Waals surface area (Å²) in [5.41, 5.74) is 2.13. The maximum absolute atomic E-state index is 12.4. The van der Waals surface area contributed by atoms with E-state index < -0.39 is 5.97 Å². The molecule has 0 aromatic heterocycles. The summed E-state index contributed by atoms with van der Waals surface area (Å²) in [6.45, 7) is 1.90. The van der Waals surface area contributed by atoms with Crippen LogP contribution in [0.25, 0.3) is 0 Å². The fraction of sp³-hybridized carbons (Fsp3) is 0.125. The molecule has 0 atom stereocenters. The Balaban J connectivity index is 2.41. The van der Waals surface area contributed by atoms with E-state index in [4.69, 9.17) is 11.6 Å². The number of ketones is 1. The number of aryl methyl sites for hydroxylation is 1. The smallest absolute Gasteiger partial charge is 0.337 e. The van der Waals surface area contributed by atoms with Gasteiger partial charge in [-0.15, -0.1) is 0 Å². The van der Waals surface area contributed by atoms with Crippen molar-refractivity contribution in [1.29, 1.82) is 0 Å². The number of methoxy groups -OCH3 is 1. The summed E-state index contributed by atoms with van der Waals surface area (Å²) in [6, 6.07) is 11.6. The second-order valence-electron chi connectivity index (χ2n) is 4.38. The molecule has 0 saturated heterocycles. The molecule has 0 N–H and O–H groups in total. The van der Waals surface area contributed by atoms with Gasteiger partial charge in [-0.3, -0.25) is 4.79 Å². The Morgan fingerprint density at radius 1 is 1.05 bits per heavy atom. The lowest BCUT2D eigenvalue weighted by atomic mass is 10.0. The number of hydrogen-bond donors (Lipinski definition) is 0. The first-order valence-electron chi connectivity index (χ1n) is 6.02. The highest BCUT2D eigenvalue weighted by Crippen LogP contribution is 2.21. The molecule has 2 aromatic rings. The van der Waals surface area contributed by atoms with E-state index in [2.05, 4.69) is 4.74 Å². The second-order valence-corrected chi connectivity index (χ2v) is 4.79. The van der Waals surface area contributed by atoms with E-state index in [1.54, 1.807) is 30.3 Å². The van der Waals surface area contributed by atoms with Crippen LogP contribution in [0.3, 0.4) is 0 Å². The lowest BCUT2D eigenvalue weighted by molar-refractivity contribution is 0.0600. The van der Waals surface area contributed by atoms with E-state index in [0.29, 0.717) is 21.7 Å². The van der Waals surface area contributed by atoms with Crippen LogP contribution in [-0.4, -0.2) is 18.9 Å². The maximum Gasteiger partial charge on any atom is 0.337 e. The first-order valence-corrected chi connectivity index (χ1v) is 6.40. The van der Waals surface area contributed by atoms with Gasteiger partial charge in [0.25, 0.3) is 0 Å². The standard InChI is InChI=1S/C16H13ClO3/c1-10-6-7-13(14(17)8-10)15(18)11-4-3-5-12(9-11)16(19)20-2/h3-9H,1-2H3. The zero-order valence-electron chi connectivity index (χ0n) is 11.1. The van der Waals surface area contributed by atoms with Gasteiger partial charge in [-0.2, -0.15) is 0 Å². The molecule has 20 heavy (non-hydrogen) atoms. The zero-order valence-corrected chi connectivity index (χ0v) is 11.9. The van der Waals surface area contributed by atoms with Crippen molar-refractivity contribution >= 4 is 23.4 Å². The lowest BCUT2D eigenvalue weighted by Crippen LogP contribution is -2.06. The molecule has 2 rings (SSSR count). The summed E-state index contributed by atoms with van der Waals surface area (Å²) in [7, 11) is 1.30. The predicted octanol–water partition coefficient (Wildman–Crippen LogP) is 3.67. The summed E-state index contributed by atoms with van der Waals surface area (Å²) in [5, 5.41) is 0.401. The van der Waals surface area contributed by atoms with Gasteiger partial charge in [-0.25, -0.2) is 4.79 Å². The van der Waals surface area contributed by atoms with Crippen molar-refractivity contribution in [3.05, 3.63) is 69.7 Å². The minimum Gasteiger partial charge on any atom is -0.465 e. The molecular formula is C16H13ClO3. The van der Waals surface area contributed by atoms with Crippen LogP contribution in [0.2, 0.25) is 5.02 Å². The summed E-state index contributed by atoms with van der Waals surface area (Å²) in [4.78, 5) is 23.9. The number of esters is 1. The fourth-order valence-electron chi connectivity index (χ4n) is 1.87. The Bertz CT molecular complexity index is 677. The van der Waals surface area contributed by atoms with Crippen molar-refractivity contribution in [2.24, 2.45) is 0 Å². The van der Waals surface area contributed by atoms with Gasteiger partial charge < -0.3 is 4.74 Å². The van der Waals surface area contributed by atoms with E-state index in [1.807, 2.05) is 13.0 Å². The van der Waals surface area contributed by atoms with Crippen LogP contribution in [0.4, 0.5) is 0 Å². The van der Waals surface area contributed by atoms with Gasteiger partial charge in [0.15, 0.2) is 5.78 Å². The van der Waals surface area contributed by atoms with Crippen LogP contribution in [0, 0.1) is 6.92 Å². The zero-order chi connectivity index (χ0) is 14.7. The van der Waals surface area contributed by atoms with Crippen molar-refractivity contribution in [3.63, 3.8) is 0 Å². The van der Waals surface area contributed by atoms with Crippen molar-refractivity contribution < 1.29 is 14.3 Å². The highest BCUT2D eigenvalue weighted by Gasteiger charge is 2.15. The van der Waals surface area contributed by atoms with Crippen molar-refractivity contribution in [3.8, 4) is 0 Å². The molecule has 0 aliphatic heterocycles. The van der Waals surface area contributed by atoms with E-state index >= 15 is 0 Å². The number of carbonyl (C=O) groups excluding carboxylic acids is 2. The summed E-state index contributed by atoms with van der Waals surface area (Å²) < 4.78 is 4.64. The minimum absolute atomic E-state index is 0.222. The number of rotatable bonds is 3. The van der Waals surface area contributed by atoms with E-state index in [-0.39, 0.29) is 5.78 Å². The third-order valence-electron chi connectivity index (χ3n) is 2.92. The summed E-state index contributed by atoms with van der Waals surface area (Å²) in [6.07, 6.45) is 0. The number of benzene rings is 2. The molecule has 0 aliphatic rings. The molecule has 0 amide bonds. The Morgan fingerprint density at radius 2 is 1.75 bits per heavy atom. The fourth-order valence-corrected chi connectivity index (χ4v) is 2.19. The second kappa shape index (κ2) is 5.88. The van der Waals surface area contributed by atoms with E-state index in [0.717, 1.165) is 5.56 Å². The largest absolute Gasteiger partial charge is 0.465 e. The van der Waals surface area contributed by atoms with Gasteiger partial charge in [0, 0.05) is 11.1 Å². The Labute approximate surface area is 122 Å². The average molecular weight is 289 g/mol. The van der Waals surface area contributed by atoms with Crippen LogP contribution in [-0.2, 0) is 4.74 Å². The number of hydrogen-bond acceptors (Lipinski definition) is 3. The van der Waals surface area contributed by atoms with Crippen LogP contribution in [0.5, 0.6) is 0 Å². The van der Waals surface area contributed by atoms with Gasteiger partial charge in [0.05, 0.1) is 17.7 Å². The first-order chi connectivity index (χ1) is 9.52. The summed E-state index contributed by atoms with van der Waals surface area (Å²) >= 11 is 6.09. The normalized spacial score (nSPS) is 10.2. The molecule has 0 radical (unpaired) electrons. The molecule has 102 valence electrons. The number of halogens is 1. The topological polar surface area (TPSA) is 43.4 Å². The molecule has 0 aliphatic carbocycles. The average Bonchev–Trinajstić information content (AvgIpc) is 2.46. The van der Waals surface area contributed by atoms with Gasteiger partial charge in [-0.05, 0) is 36.8 Å². The molecule has 0 bridgehead atoms. The highest BCUT2D eigenvalue weighted by atomic mass is 35.5. The Kier molecular flexibility index (Phi) is 4.20. The maximum atomic E-state index is 12.4. The predicted molar refractivity (Wildman–Crippen MR) is 77.4 cm³/mol. The monoisotopic (exact) mass is 288 g/mol. The van der Waals surface area contributed by atoms with Crippen LogP contribution in [0.1, 0.15) is 31.8 Å². The van der Waals surface area contributed by atoms with E-state index in [1.165, 1.54) is 13.2 Å². The van der Waals surface area contributed by atoms with Gasteiger partial charge in [-0.1, -0.05) is 29.8 Å². The minimum atomic E-state index is -0.477. The lowest BCUT2D eigenvalue weighted by Gasteiger charge is -2.06. The molecule has 0 saturated carbocycles. The molecule has 2 aromatic carbocycles. The van der Waals surface area contributed by atoms with Crippen LogP contribution >= 0.6 is 11.6 Å². The van der Waals surface area contributed by atoms with Crippen molar-refractivity contribution in [2.45, 2.75) is 6.92 Å². The molecule has 0 spiro atoms. The quantitative estimate of drug-likeness (QED) is 0.639. The van der Waals surface area contributed by atoms with Crippen LogP contribution < -0.4 is 0 Å². The Morgan fingerprint density at radius 3 is 2.40 bits per heavy atom. The molecule has 4 heteroatoms. The van der Waals surface area contributed by atoms with Gasteiger partial charge >= 0.3 is 5.97 Å². The van der Waals surface area contributed by atoms with Crippen LogP contribution in [0.15, 0.2) is 42.5 Å². The molecule has 0 fully saturated rings. The van der Waals surface area contributed by atoms with Gasteiger partial charge in [0.1, 0.15) is 0 Å². The van der Waals surface area contributed by atoms with E-state index in [9.17, 15) is 9.59 Å². The third-order valence-corrected chi connectivity index (χ3v) is 3.23. The SMILES string of the molecule is COC(=O)c1cccc(C(=O)c2ccc(C)cc2Cl)c1. The third kappa shape index (κ3) is 2.89. The van der Waals surface area contributed by atoms with Crippen molar-refractivity contribution in [1.82, 2.24) is 0 Å². The molecule has 0 unspecified atom stereocenters. The number of carbonyl (C=O) groups is 2. The molecule has 3 nitrogen and oxygen atoms in total. The van der Waals surface area contributed by atoms with Crippen molar-refractivity contribution in [2.75, 3.05) is 7.11 Å². The highest BCUT2D eigenvalue weighted by molar-refractivity contribution is 6.35. The molecule has 0 heterocycles. The summed E-state index contributed by atoms with van der Waals surface area (Å²) in [5.74, 6) is -0.699. The first kappa shape index (κ1) is 14.3. The number of ether oxygens (including phenoxy) is 1. The van der Waals surface area contributed by atoms with Gasteiger partial charge in [0.2, 0.25) is 0 Å².